The van der Waals surface area contributed by atoms with Crippen LogP contribution in [0.5, 0.6) is 0 Å². The first-order valence-electron chi connectivity index (χ1n) is 6.84. The molecule has 1 aliphatic heterocycles. The molecule has 0 aromatic rings. The lowest BCUT2D eigenvalue weighted by atomic mass is 10.2. The summed E-state index contributed by atoms with van der Waals surface area (Å²) in [5, 5.41) is 3.58. The number of hydrogen-bond acceptors (Lipinski definition) is 3. The number of carbonyl (C=O) groups is 1. The van der Waals surface area contributed by atoms with Gasteiger partial charge in [0, 0.05) is 45.7 Å². The zero-order valence-electron chi connectivity index (χ0n) is 11.1. The molecule has 4 heteroatoms. The van der Waals surface area contributed by atoms with Gasteiger partial charge in [0.05, 0.1) is 0 Å². The number of likely N-dealkylation sites (tertiary alicyclic amines) is 1. The lowest BCUT2D eigenvalue weighted by molar-refractivity contribution is -0.128. The molecule has 0 aromatic carbocycles. The predicted molar refractivity (Wildman–Crippen MR) is 68.9 cm³/mol. The molecule has 2 aliphatic rings. The van der Waals surface area contributed by atoms with E-state index in [-0.39, 0.29) is 5.91 Å². The second kappa shape index (κ2) is 5.83. The van der Waals surface area contributed by atoms with Gasteiger partial charge in [-0.25, -0.2) is 0 Å². The Kier molecular flexibility index (Phi) is 4.40. The van der Waals surface area contributed by atoms with E-state index in [2.05, 4.69) is 10.2 Å². The Bertz CT molecular complexity index is 263. The topological polar surface area (TPSA) is 35.6 Å². The maximum absolute atomic E-state index is 11.4. The van der Waals surface area contributed by atoms with Gasteiger partial charge in [-0.05, 0) is 32.2 Å². The average molecular weight is 239 g/mol. The fraction of sp³-hybridized carbons (Fsp3) is 0.923. The van der Waals surface area contributed by atoms with Crippen molar-refractivity contribution < 1.29 is 4.79 Å². The smallest absolute Gasteiger partial charge is 0.222 e. The molecule has 1 atom stereocenters. The lowest BCUT2D eigenvalue weighted by Gasteiger charge is -2.16. The van der Waals surface area contributed by atoms with Crippen LogP contribution in [0, 0.1) is 0 Å². The third-order valence-electron chi connectivity index (χ3n) is 3.78. The molecular weight excluding hydrogens is 214 g/mol. The van der Waals surface area contributed by atoms with Gasteiger partial charge in [-0.3, -0.25) is 9.69 Å². The minimum Gasteiger partial charge on any atom is -0.349 e. The molecule has 17 heavy (non-hydrogen) atoms. The van der Waals surface area contributed by atoms with E-state index in [4.69, 9.17) is 0 Å². The Labute approximate surface area is 104 Å². The Morgan fingerprint density at radius 2 is 2.12 bits per heavy atom. The van der Waals surface area contributed by atoms with Crippen molar-refractivity contribution in [1.82, 2.24) is 15.1 Å². The molecule has 0 aromatic heterocycles. The molecule has 2 fully saturated rings. The van der Waals surface area contributed by atoms with E-state index in [9.17, 15) is 4.79 Å². The van der Waals surface area contributed by atoms with E-state index in [1.807, 2.05) is 14.1 Å². The first-order valence-corrected chi connectivity index (χ1v) is 6.84. The van der Waals surface area contributed by atoms with E-state index < -0.39 is 0 Å². The zero-order valence-corrected chi connectivity index (χ0v) is 11.1. The number of amides is 1. The van der Waals surface area contributed by atoms with E-state index >= 15 is 0 Å². The third kappa shape index (κ3) is 3.96. The maximum atomic E-state index is 11.4. The first-order chi connectivity index (χ1) is 8.16. The quantitative estimate of drug-likeness (QED) is 0.692. The van der Waals surface area contributed by atoms with Crippen LogP contribution in [0.1, 0.15) is 32.1 Å². The first kappa shape index (κ1) is 12.8. The van der Waals surface area contributed by atoms with Gasteiger partial charge in [0.1, 0.15) is 0 Å². The minimum absolute atomic E-state index is 0.234. The molecule has 1 aliphatic carbocycles. The van der Waals surface area contributed by atoms with Crippen LogP contribution in [0.4, 0.5) is 0 Å². The fourth-order valence-electron chi connectivity index (χ4n) is 2.49. The normalized spacial score (nSPS) is 25.2. The van der Waals surface area contributed by atoms with E-state index in [0.29, 0.717) is 12.5 Å². The van der Waals surface area contributed by atoms with Crippen molar-refractivity contribution in [2.45, 2.75) is 44.2 Å². The van der Waals surface area contributed by atoms with Gasteiger partial charge in [-0.2, -0.15) is 0 Å². The molecule has 4 nitrogen and oxygen atoms in total. The van der Waals surface area contributed by atoms with Crippen LogP contribution in [-0.2, 0) is 4.79 Å². The molecule has 1 unspecified atom stereocenters. The van der Waals surface area contributed by atoms with Crippen molar-refractivity contribution in [2.75, 3.05) is 33.7 Å². The summed E-state index contributed by atoms with van der Waals surface area (Å²) in [6, 6.07) is 1.56. The number of carbonyl (C=O) groups excluding carboxylic acids is 1. The highest BCUT2D eigenvalue weighted by atomic mass is 16.2. The molecule has 0 bridgehead atoms. The van der Waals surface area contributed by atoms with Gasteiger partial charge >= 0.3 is 0 Å². The molecule has 2 rings (SSSR count). The number of hydrogen-bond donors (Lipinski definition) is 1. The zero-order chi connectivity index (χ0) is 12.3. The molecule has 1 saturated heterocycles. The number of nitrogens with zero attached hydrogens (tertiary/aromatic N) is 2. The van der Waals surface area contributed by atoms with Crippen LogP contribution in [0.15, 0.2) is 0 Å². The largest absolute Gasteiger partial charge is 0.349 e. The highest BCUT2D eigenvalue weighted by Crippen LogP contribution is 2.29. The monoisotopic (exact) mass is 239 g/mol. The Hall–Kier alpha value is -0.610. The summed E-state index contributed by atoms with van der Waals surface area (Å²) in [5.74, 6) is 0.234. The molecular formula is C13H25N3O. The van der Waals surface area contributed by atoms with Crippen molar-refractivity contribution in [3.05, 3.63) is 0 Å². The van der Waals surface area contributed by atoms with E-state index in [0.717, 1.165) is 19.0 Å². The van der Waals surface area contributed by atoms with E-state index in [1.165, 1.54) is 32.4 Å². The van der Waals surface area contributed by atoms with Crippen molar-refractivity contribution in [2.24, 2.45) is 0 Å². The van der Waals surface area contributed by atoms with Crippen molar-refractivity contribution >= 4 is 5.91 Å². The Morgan fingerprint density at radius 1 is 1.35 bits per heavy atom. The molecule has 0 spiro atoms. The summed E-state index contributed by atoms with van der Waals surface area (Å²) < 4.78 is 0. The molecule has 1 N–H and O–H groups in total. The third-order valence-corrected chi connectivity index (χ3v) is 3.78. The highest BCUT2D eigenvalue weighted by Gasteiger charge is 2.33. The molecule has 1 amide bonds. The maximum Gasteiger partial charge on any atom is 0.222 e. The van der Waals surface area contributed by atoms with Crippen LogP contribution < -0.4 is 5.32 Å². The van der Waals surface area contributed by atoms with E-state index in [1.54, 1.807) is 4.90 Å². The second-order valence-corrected chi connectivity index (χ2v) is 5.56. The fourth-order valence-corrected chi connectivity index (χ4v) is 2.49. The summed E-state index contributed by atoms with van der Waals surface area (Å²) in [7, 11) is 3.64. The molecule has 98 valence electrons. The Balaban J connectivity index is 1.52. The van der Waals surface area contributed by atoms with Gasteiger partial charge < -0.3 is 10.2 Å². The average Bonchev–Trinajstić information content (AvgIpc) is 3.04. The number of nitrogens with one attached hydrogen (secondary N) is 1. The minimum atomic E-state index is 0.234. The van der Waals surface area contributed by atoms with Crippen molar-refractivity contribution in [1.29, 1.82) is 0 Å². The lowest BCUT2D eigenvalue weighted by Crippen LogP contribution is -2.34. The summed E-state index contributed by atoms with van der Waals surface area (Å²) in [6.45, 7) is 3.45. The van der Waals surface area contributed by atoms with Gasteiger partial charge in [-0.1, -0.05) is 0 Å². The summed E-state index contributed by atoms with van der Waals surface area (Å²) in [6.07, 6.45) is 5.71. The van der Waals surface area contributed by atoms with Gasteiger partial charge in [0.2, 0.25) is 5.91 Å². The van der Waals surface area contributed by atoms with Crippen molar-refractivity contribution in [3.63, 3.8) is 0 Å². The van der Waals surface area contributed by atoms with Crippen LogP contribution in [0.2, 0.25) is 0 Å². The predicted octanol–water partition coefficient (Wildman–Crippen LogP) is 0.681. The van der Waals surface area contributed by atoms with Crippen LogP contribution in [0.25, 0.3) is 0 Å². The molecule has 1 saturated carbocycles. The standard InChI is InChI=1S/C13H25N3O/c1-15(2)13(17)4-3-8-14-11-7-9-16(10-11)12-5-6-12/h11-12,14H,3-10H2,1-2H3. The summed E-state index contributed by atoms with van der Waals surface area (Å²) in [5.41, 5.74) is 0. The SMILES string of the molecule is CN(C)C(=O)CCCNC1CCN(C2CC2)C1. The van der Waals surface area contributed by atoms with Gasteiger partial charge in [0.15, 0.2) is 0 Å². The summed E-state index contributed by atoms with van der Waals surface area (Å²) in [4.78, 5) is 15.7. The van der Waals surface area contributed by atoms with Crippen LogP contribution in [0.3, 0.4) is 0 Å². The van der Waals surface area contributed by atoms with Crippen LogP contribution >= 0.6 is 0 Å². The summed E-state index contributed by atoms with van der Waals surface area (Å²) >= 11 is 0. The van der Waals surface area contributed by atoms with Crippen LogP contribution in [-0.4, -0.2) is 61.5 Å². The Morgan fingerprint density at radius 3 is 2.76 bits per heavy atom. The van der Waals surface area contributed by atoms with Gasteiger partial charge in [-0.15, -0.1) is 0 Å². The van der Waals surface area contributed by atoms with Gasteiger partial charge in [0.25, 0.3) is 0 Å². The van der Waals surface area contributed by atoms with Crippen molar-refractivity contribution in [3.8, 4) is 0 Å². The number of rotatable bonds is 6. The molecule has 1 heterocycles. The second-order valence-electron chi connectivity index (χ2n) is 5.56. The highest BCUT2D eigenvalue weighted by molar-refractivity contribution is 5.75. The molecule has 0 radical (unpaired) electrons.